The Kier molecular flexibility index (Phi) is 7.31. The highest BCUT2D eigenvalue weighted by Crippen LogP contribution is 2.35. The minimum atomic E-state index is -1.88. The van der Waals surface area contributed by atoms with Crippen LogP contribution in [0.5, 0.6) is 0 Å². The average molecular weight is 488 g/mol. The number of nitrogens with zero attached hydrogens (tertiary/aromatic N) is 4. The molecule has 1 aromatic carbocycles. The molecule has 12 heteroatoms. The molecule has 0 aliphatic carbocycles. The first-order chi connectivity index (χ1) is 14.5. The van der Waals surface area contributed by atoms with E-state index in [1.165, 1.54) is 11.8 Å². The summed E-state index contributed by atoms with van der Waals surface area (Å²) in [5, 5.41) is 9.30. The first kappa shape index (κ1) is 22.0. The number of halogens is 2. The van der Waals surface area contributed by atoms with Crippen molar-refractivity contribution in [1.29, 1.82) is 0 Å². The molecule has 2 atom stereocenters. The summed E-state index contributed by atoms with van der Waals surface area (Å²) in [6.45, 7) is 0.491. The van der Waals surface area contributed by atoms with Crippen molar-refractivity contribution in [2.45, 2.75) is 31.7 Å². The maximum atomic E-state index is 9.04. The van der Waals surface area contributed by atoms with Crippen molar-refractivity contribution in [2.75, 3.05) is 16.6 Å². The van der Waals surface area contributed by atoms with Crippen molar-refractivity contribution in [3.63, 3.8) is 0 Å². The monoisotopic (exact) mass is 487 g/mol. The number of hydrogen-bond acceptors (Lipinski definition) is 8. The third-order valence-corrected chi connectivity index (χ3v) is 7.50. The Labute approximate surface area is 188 Å². The molecule has 1 fully saturated rings. The van der Waals surface area contributed by atoms with Crippen LogP contribution in [-0.2, 0) is 11.3 Å². The molecule has 3 heterocycles. The Balaban J connectivity index is 1.49. The van der Waals surface area contributed by atoms with Gasteiger partial charge in [0.2, 0.25) is 5.28 Å². The number of aromatic nitrogens is 4. The molecular weight excluding hydrogens is 468 g/mol. The molecule has 0 spiro atoms. The fourth-order valence-corrected chi connectivity index (χ4v) is 5.27. The largest absolute Gasteiger partial charge is 0.365 e. The summed E-state index contributed by atoms with van der Waals surface area (Å²) in [5.41, 5.74) is 1.88. The fraction of sp³-hybridized carbons (Fsp3) is 0.389. The highest BCUT2D eigenvalue weighted by Gasteiger charge is 2.29. The zero-order valence-electron chi connectivity index (χ0n) is 15.8. The number of fused-ring (bicyclic) bond motifs is 1. The van der Waals surface area contributed by atoms with E-state index >= 15 is 0 Å². The molecule has 0 bridgehead atoms. The number of benzene rings is 1. The third-order valence-electron chi connectivity index (χ3n) is 4.70. The zero-order chi connectivity index (χ0) is 21.1. The normalized spacial score (nSPS) is 19.1. The van der Waals surface area contributed by atoms with Crippen molar-refractivity contribution < 1.29 is 14.5 Å². The molecule has 0 amide bonds. The Morgan fingerprint density at radius 2 is 2.07 bits per heavy atom. The van der Waals surface area contributed by atoms with Gasteiger partial charge in [0, 0.05) is 17.3 Å². The van der Waals surface area contributed by atoms with Gasteiger partial charge in [0.15, 0.2) is 20.3 Å². The molecule has 160 valence electrons. The van der Waals surface area contributed by atoms with E-state index in [9.17, 15) is 0 Å². The lowest BCUT2D eigenvalue weighted by Gasteiger charge is -2.15. The van der Waals surface area contributed by atoms with Gasteiger partial charge in [0.05, 0.1) is 23.2 Å². The molecule has 1 aliphatic heterocycles. The minimum Gasteiger partial charge on any atom is -0.365 e. The van der Waals surface area contributed by atoms with Gasteiger partial charge in [-0.1, -0.05) is 29.8 Å². The maximum Gasteiger partial charge on any atom is 0.226 e. The summed E-state index contributed by atoms with van der Waals surface area (Å²) in [6.07, 6.45) is 3.14. The molecule has 3 aromatic rings. The first-order valence-electron chi connectivity index (χ1n) is 9.28. The van der Waals surface area contributed by atoms with E-state index in [0.29, 0.717) is 34.3 Å². The van der Waals surface area contributed by atoms with E-state index in [4.69, 9.17) is 37.7 Å². The molecule has 2 unspecified atom stereocenters. The van der Waals surface area contributed by atoms with Crippen molar-refractivity contribution in [1.82, 2.24) is 19.7 Å². The standard InChI is InChI=1S/C18H20Cl2N5O3PS/c19-14-4-2-1-3-11(14)7-21-16-13-8-22-25(17(13)24-18(20)23-16)15-6-5-12(28-15)9-30-10-29(26)27/h1-4,8,12,15,26-27H,5-7,9-10H2,(H,21,23,24). The average Bonchev–Trinajstić information content (AvgIpc) is 3.33. The van der Waals surface area contributed by atoms with Crippen molar-refractivity contribution in [3.05, 3.63) is 46.3 Å². The SMILES string of the molecule is OP(O)CSCC1CCC(n2ncc3c(NCc4ccccc4Cl)nc(Cl)nc32)O1. The van der Waals surface area contributed by atoms with E-state index in [1.807, 2.05) is 24.3 Å². The highest BCUT2D eigenvalue weighted by molar-refractivity contribution is 8.03. The van der Waals surface area contributed by atoms with Gasteiger partial charge in [-0.25, -0.2) is 4.68 Å². The van der Waals surface area contributed by atoms with Gasteiger partial charge in [-0.2, -0.15) is 15.1 Å². The number of hydrogen-bond donors (Lipinski definition) is 3. The minimum absolute atomic E-state index is 0.0318. The molecule has 30 heavy (non-hydrogen) atoms. The van der Waals surface area contributed by atoms with Crippen LogP contribution < -0.4 is 5.32 Å². The summed E-state index contributed by atoms with van der Waals surface area (Å²) >= 11 is 13.9. The van der Waals surface area contributed by atoms with Gasteiger partial charge < -0.3 is 19.8 Å². The van der Waals surface area contributed by atoms with Gasteiger partial charge >= 0.3 is 0 Å². The molecule has 1 aliphatic rings. The van der Waals surface area contributed by atoms with Crippen molar-refractivity contribution in [3.8, 4) is 0 Å². The summed E-state index contributed by atoms with van der Waals surface area (Å²) in [5.74, 6) is 1.29. The molecule has 0 saturated carbocycles. The first-order valence-corrected chi connectivity index (χ1v) is 12.6. The van der Waals surface area contributed by atoms with Crippen LogP contribution in [0.1, 0.15) is 24.6 Å². The van der Waals surface area contributed by atoms with Crippen LogP contribution in [0.15, 0.2) is 30.5 Å². The van der Waals surface area contributed by atoms with Crippen molar-refractivity contribution >= 4 is 60.2 Å². The summed E-state index contributed by atoms with van der Waals surface area (Å²) in [4.78, 5) is 26.7. The lowest BCUT2D eigenvalue weighted by atomic mass is 10.2. The van der Waals surface area contributed by atoms with Crippen LogP contribution in [0.25, 0.3) is 11.0 Å². The highest BCUT2D eigenvalue weighted by atomic mass is 35.5. The van der Waals surface area contributed by atoms with E-state index in [-0.39, 0.29) is 17.6 Å². The van der Waals surface area contributed by atoms with Crippen LogP contribution >= 0.6 is 43.3 Å². The van der Waals surface area contributed by atoms with E-state index in [0.717, 1.165) is 23.8 Å². The second-order valence-corrected chi connectivity index (χ2v) is 10.0. The number of thioether (sulfide) groups is 1. The van der Waals surface area contributed by atoms with Crippen LogP contribution in [0.2, 0.25) is 10.3 Å². The van der Waals surface area contributed by atoms with Gasteiger partial charge in [-0.05, 0) is 36.1 Å². The Bertz CT molecular complexity index is 1020. The van der Waals surface area contributed by atoms with E-state index in [1.54, 1.807) is 10.9 Å². The van der Waals surface area contributed by atoms with Crippen LogP contribution in [0.4, 0.5) is 5.82 Å². The maximum absolute atomic E-state index is 9.04. The molecule has 4 rings (SSSR count). The summed E-state index contributed by atoms with van der Waals surface area (Å²) in [7, 11) is -1.88. The van der Waals surface area contributed by atoms with Crippen molar-refractivity contribution in [2.24, 2.45) is 0 Å². The number of rotatable bonds is 8. The summed E-state index contributed by atoms with van der Waals surface area (Å²) in [6, 6.07) is 7.60. The Hall–Kier alpha value is -1.19. The lowest BCUT2D eigenvalue weighted by molar-refractivity contribution is 0.00787. The topological polar surface area (TPSA) is 105 Å². The molecular formula is C18H20Cl2N5O3PS. The van der Waals surface area contributed by atoms with E-state index in [2.05, 4.69) is 20.4 Å². The lowest BCUT2D eigenvalue weighted by Crippen LogP contribution is -2.15. The predicted octanol–water partition coefficient (Wildman–Crippen LogP) is 4.41. The van der Waals surface area contributed by atoms with E-state index < -0.39 is 8.38 Å². The molecule has 0 radical (unpaired) electrons. The molecule has 3 N–H and O–H groups in total. The smallest absolute Gasteiger partial charge is 0.226 e. The number of ether oxygens (including phenoxy) is 1. The zero-order valence-corrected chi connectivity index (χ0v) is 19.0. The molecule has 1 saturated heterocycles. The van der Waals surface area contributed by atoms with Gasteiger partial charge in [-0.15, -0.1) is 11.8 Å². The third kappa shape index (κ3) is 5.16. The van der Waals surface area contributed by atoms with Crippen LogP contribution in [0.3, 0.4) is 0 Å². The molecule has 8 nitrogen and oxygen atoms in total. The Morgan fingerprint density at radius 3 is 2.87 bits per heavy atom. The number of anilines is 1. The molecule has 2 aromatic heterocycles. The van der Waals surface area contributed by atoms with Gasteiger partial charge in [-0.3, -0.25) is 0 Å². The predicted molar refractivity (Wildman–Crippen MR) is 121 cm³/mol. The Morgan fingerprint density at radius 1 is 1.23 bits per heavy atom. The van der Waals surface area contributed by atoms with Crippen LogP contribution in [-0.4, -0.2) is 46.9 Å². The van der Waals surface area contributed by atoms with Gasteiger partial charge in [0.1, 0.15) is 5.82 Å². The van der Waals surface area contributed by atoms with Crippen LogP contribution in [0, 0.1) is 0 Å². The second kappa shape index (κ2) is 9.96. The quantitative estimate of drug-likeness (QED) is 0.317. The second-order valence-electron chi connectivity index (χ2n) is 6.77. The number of nitrogens with one attached hydrogen (secondary N) is 1. The van der Waals surface area contributed by atoms with Gasteiger partial charge in [0.25, 0.3) is 0 Å². The fourth-order valence-electron chi connectivity index (χ4n) is 3.32. The summed E-state index contributed by atoms with van der Waals surface area (Å²) < 4.78 is 7.84.